The van der Waals surface area contributed by atoms with Gasteiger partial charge < -0.3 is 4.74 Å². The number of hydrogen-bond acceptors (Lipinski definition) is 4. The van der Waals surface area contributed by atoms with Crippen molar-refractivity contribution in [3.63, 3.8) is 0 Å². The van der Waals surface area contributed by atoms with E-state index in [4.69, 9.17) is 4.74 Å². The minimum atomic E-state index is -0.0854. The van der Waals surface area contributed by atoms with Crippen LogP contribution in [0.4, 0.5) is 0 Å². The van der Waals surface area contributed by atoms with Crippen molar-refractivity contribution in [2.75, 3.05) is 19.7 Å². The molecular weight excluding hydrogens is 234 g/mol. The highest BCUT2D eigenvalue weighted by Gasteiger charge is 2.26. The lowest BCUT2D eigenvalue weighted by molar-refractivity contribution is -0.144. The quantitative estimate of drug-likeness (QED) is 0.756. The summed E-state index contributed by atoms with van der Waals surface area (Å²) in [6.07, 6.45) is 2.96. The summed E-state index contributed by atoms with van der Waals surface area (Å²) >= 11 is 1.73. The van der Waals surface area contributed by atoms with E-state index in [0.29, 0.717) is 13.0 Å². The molecule has 0 saturated carbocycles. The van der Waals surface area contributed by atoms with Crippen LogP contribution in [0, 0.1) is 0 Å². The van der Waals surface area contributed by atoms with E-state index >= 15 is 0 Å². The molecule has 1 unspecified atom stereocenters. The molecule has 0 aliphatic carbocycles. The Labute approximate surface area is 106 Å². The van der Waals surface area contributed by atoms with E-state index in [1.165, 1.54) is 17.7 Å². The Hall–Kier alpha value is -0.870. The number of esters is 1. The molecule has 0 amide bonds. The first kappa shape index (κ1) is 12.6. The summed E-state index contributed by atoms with van der Waals surface area (Å²) in [5, 5.41) is 2.07. The smallest absolute Gasteiger partial charge is 0.307 e. The second-order valence-electron chi connectivity index (χ2n) is 4.28. The molecule has 0 N–H and O–H groups in total. The summed E-state index contributed by atoms with van der Waals surface area (Å²) in [4.78, 5) is 15.3. The van der Waals surface area contributed by atoms with Crippen molar-refractivity contribution in [3.05, 3.63) is 22.4 Å². The largest absolute Gasteiger partial charge is 0.466 e. The van der Waals surface area contributed by atoms with E-state index in [1.807, 2.05) is 13.0 Å². The topological polar surface area (TPSA) is 29.5 Å². The predicted molar refractivity (Wildman–Crippen MR) is 69.1 cm³/mol. The molecular formula is C13H19NO2S. The molecule has 1 aliphatic heterocycles. The Kier molecular flexibility index (Phi) is 4.57. The first-order chi connectivity index (χ1) is 8.31. The van der Waals surface area contributed by atoms with Crippen molar-refractivity contribution in [3.8, 4) is 0 Å². The van der Waals surface area contributed by atoms with Crippen molar-refractivity contribution >= 4 is 17.3 Å². The van der Waals surface area contributed by atoms with Crippen LogP contribution < -0.4 is 0 Å². The van der Waals surface area contributed by atoms with Gasteiger partial charge in [-0.05, 0) is 44.3 Å². The maximum absolute atomic E-state index is 11.7. The lowest BCUT2D eigenvalue weighted by Gasteiger charge is -2.25. The zero-order valence-corrected chi connectivity index (χ0v) is 11.0. The highest BCUT2D eigenvalue weighted by molar-refractivity contribution is 7.10. The van der Waals surface area contributed by atoms with Crippen LogP contribution in [0.25, 0.3) is 0 Å². The van der Waals surface area contributed by atoms with Gasteiger partial charge in [0.05, 0.1) is 19.1 Å². The Morgan fingerprint density at radius 3 is 2.88 bits per heavy atom. The van der Waals surface area contributed by atoms with Gasteiger partial charge in [-0.2, -0.15) is 0 Å². The van der Waals surface area contributed by atoms with Crippen LogP contribution in [0.2, 0.25) is 0 Å². The summed E-state index contributed by atoms with van der Waals surface area (Å²) < 4.78 is 5.07. The Morgan fingerprint density at radius 2 is 2.29 bits per heavy atom. The van der Waals surface area contributed by atoms with Crippen molar-refractivity contribution in [1.29, 1.82) is 0 Å². The van der Waals surface area contributed by atoms with Gasteiger partial charge in [0.1, 0.15) is 0 Å². The molecule has 0 aromatic carbocycles. The Bertz CT molecular complexity index is 344. The fourth-order valence-corrected chi connectivity index (χ4v) is 3.18. The minimum Gasteiger partial charge on any atom is -0.466 e. The van der Waals surface area contributed by atoms with Crippen molar-refractivity contribution in [1.82, 2.24) is 4.90 Å². The molecule has 1 aromatic rings. The average Bonchev–Trinajstić information content (AvgIpc) is 3.00. The van der Waals surface area contributed by atoms with E-state index < -0.39 is 0 Å². The molecule has 17 heavy (non-hydrogen) atoms. The number of likely N-dealkylation sites (tertiary alicyclic amines) is 1. The van der Waals surface area contributed by atoms with Crippen molar-refractivity contribution < 1.29 is 9.53 Å². The number of rotatable bonds is 5. The third kappa shape index (κ3) is 3.30. The number of carbonyl (C=O) groups excluding carboxylic acids is 1. The van der Waals surface area contributed by atoms with Gasteiger partial charge in [0.15, 0.2) is 0 Å². The van der Waals surface area contributed by atoms with E-state index in [0.717, 1.165) is 13.1 Å². The van der Waals surface area contributed by atoms with Crippen LogP contribution in [0.15, 0.2) is 17.5 Å². The van der Waals surface area contributed by atoms with Gasteiger partial charge in [-0.3, -0.25) is 9.69 Å². The standard InChI is InChI=1S/C13H19NO2S/c1-2-16-13(15)10-11(12-6-5-9-17-12)14-7-3-4-8-14/h5-6,9,11H,2-4,7-8,10H2,1H3. The molecule has 0 radical (unpaired) electrons. The average molecular weight is 253 g/mol. The molecule has 1 atom stereocenters. The van der Waals surface area contributed by atoms with Crippen LogP contribution >= 0.6 is 11.3 Å². The maximum Gasteiger partial charge on any atom is 0.307 e. The number of ether oxygens (including phenoxy) is 1. The first-order valence-electron chi connectivity index (χ1n) is 6.24. The molecule has 1 fully saturated rings. The van der Waals surface area contributed by atoms with E-state index in [9.17, 15) is 4.79 Å². The molecule has 0 bridgehead atoms. The fourth-order valence-electron chi connectivity index (χ4n) is 2.32. The van der Waals surface area contributed by atoms with E-state index in [1.54, 1.807) is 11.3 Å². The second-order valence-corrected chi connectivity index (χ2v) is 5.26. The Morgan fingerprint density at radius 1 is 1.53 bits per heavy atom. The van der Waals surface area contributed by atoms with Crippen LogP contribution in [-0.2, 0) is 9.53 Å². The molecule has 1 aliphatic rings. The molecule has 4 heteroatoms. The molecule has 0 spiro atoms. The third-order valence-electron chi connectivity index (χ3n) is 3.12. The zero-order valence-electron chi connectivity index (χ0n) is 10.2. The first-order valence-corrected chi connectivity index (χ1v) is 7.12. The monoisotopic (exact) mass is 253 g/mol. The highest BCUT2D eigenvalue weighted by atomic mass is 32.1. The molecule has 1 saturated heterocycles. The van der Waals surface area contributed by atoms with Gasteiger partial charge in [-0.1, -0.05) is 6.07 Å². The highest BCUT2D eigenvalue weighted by Crippen LogP contribution is 2.31. The van der Waals surface area contributed by atoms with E-state index in [-0.39, 0.29) is 12.0 Å². The second kappa shape index (κ2) is 6.17. The fraction of sp³-hybridized carbons (Fsp3) is 0.615. The summed E-state index contributed by atoms with van der Waals surface area (Å²) in [6, 6.07) is 4.39. The SMILES string of the molecule is CCOC(=O)CC(c1cccs1)N1CCCC1. The summed E-state index contributed by atoms with van der Waals surface area (Å²) in [5.74, 6) is -0.0854. The van der Waals surface area contributed by atoms with Gasteiger partial charge >= 0.3 is 5.97 Å². The molecule has 3 nitrogen and oxygen atoms in total. The van der Waals surface area contributed by atoms with Crippen LogP contribution in [-0.4, -0.2) is 30.6 Å². The predicted octanol–water partition coefficient (Wildman–Crippen LogP) is 2.84. The van der Waals surface area contributed by atoms with Gasteiger partial charge in [-0.25, -0.2) is 0 Å². The van der Waals surface area contributed by atoms with Crippen LogP contribution in [0.1, 0.15) is 37.1 Å². The normalized spacial score (nSPS) is 18.2. The molecule has 2 rings (SSSR count). The van der Waals surface area contributed by atoms with Gasteiger partial charge in [0, 0.05) is 4.88 Å². The molecule has 2 heterocycles. The van der Waals surface area contributed by atoms with Crippen molar-refractivity contribution in [2.24, 2.45) is 0 Å². The Balaban J connectivity index is 2.04. The van der Waals surface area contributed by atoms with Gasteiger partial charge in [0.2, 0.25) is 0 Å². The lowest BCUT2D eigenvalue weighted by atomic mass is 10.1. The van der Waals surface area contributed by atoms with Crippen molar-refractivity contribution in [2.45, 2.75) is 32.2 Å². The summed E-state index contributed by atoms with van der Waals surface area (Å²) in [5.41, 5.74) is 0. The zero-order chi connectivity index (χ0) is 12.1. The molecule has 94 valence electrons. The van der Waals surface area contributed by atoms with Crippen LogP contribution in [0.5, 0.6) is 0 Å². The molecule has 1 aromatic heterocycles. The van der Waals surface area contributed by atoms with Crippen LogP contribution in [0.3, 0.4) is 0 Å². The summed E-state index contributed by atoms with van der Waals surface area (Å²) in [6.45, 7) is 4.52. The number of carbonyl (C=O) groups is 1. The third-order valence-corrected chi connectivity index (χ3v) is 4.09. The maximum atomic E-state index is 11.7. The minimum absolute atomic E-state index is 0.0854. The number of nitrogens with zero attached hydrogens (tertiary/aromatic N) is 1. The van der Waals surface area contributed by atoms with E-state index in [2.05, 4.69) is 16.3 Å². The number of hydrogen-bond donors (Lipinski definition) is 0. The lowest BCUT2D eigenvalue weighted by Crippen LogP contribution is -2.27. The van der Waals surface area contributed by atoms with Gasteiger partial charge in [-0.15, -0.1) is 11.3 Å². The number of thiophene rings is 1. The van der Waals surface area contributed by atoms with Gasteiger partial charge in [0.25, 0.3) is 0 Å². The summed E-state index contributed by atoms with van der Waals surface area (Å²) in [7, 11) is 0.